The SMILES string of the molecule is Cc1csc(-c2ccc(NC(=O)CCNC(=O)C3CC3C)cc2)n1. The Bertz CT molecular complexity index is 739. The van der Waals surface area contributed by atoms with Gasteiger partial charge in [0.05, 0.1) is 0 Å². The number of carbonyl (C=O) groups excluding carboxylic acids is 2. The van der Waals surface area contributed by atoms with Gasteiger partial charge in [-0.3, -0.25) is 9.59 Å². The van der Waals surface area contributed by atoms with Crippen LogP contribution in [0.4, 0.5) is 5.69 Å². The Labute approximate surface area is 145 Å². The molecule has 1 aliphatic rings. The highest BCUT2D eigenvalue weighted by Crippen LogP contribution is 2.37. The number of hydrogen-bond acceptors (Lipinski definition) is 4. The fraction of sp³-hybridized carbons (Fsp3) is 0.389. The summed E-state index contributed by atoms with van der Waals surface area (Å²) in [6.07, 6.45) is 1.24. The second-order valence-corrected chi connectivity index (χ2v) is 7.14. The Morgan fingerprint density at radius 3 is 2.58 bits per heavy atom. The molecule has 1 aromatic heterocycles. The monoisotopic (exact) mass is 343 g/mol. The molecule has 1 aliphatic carbocycles. The van der Waals surface area contributed by atoms with Crippen LogP contribution in [0.3, 0.4) is 0 Å². The topological polar surface area (TPSA) is 71.1 Å². The van der Waals surface area contributed by atoms with E-state index in [2.05, 4.69) is 22.5 Å². The predicted molar refractivity (Wildman–Crippen MR) is 95.8 cm³/mol. The zero-order valence-corrected chi connectivity index (χ0v) is 14.7. The van der Waals surface area contributed by atoms with Gasteiger partial charge in [0.15, 0.2) is 0 Å². The lowest BCUT2D eigenvalue weighted by atomic mass is 10.2. The highest BCUT2D eigenvalue weighted by molar-refractivity contribution is 7.13. The van der Waals surface area contributed by atoms with Crippen molar-refractivity contribution in [2.75, 3.05) is 11.9 Å². The summed E-state index contributed by atoms with van der Waals surface area (Å²) in [6, 6.07) is 7.64. The number of aromatic nitrogens is 1. The number of nitrogens with zero attached hydrogens (tertiary/aromatic N) is 1. The number of aryl methyl sites for hydroxylation is 1. The molecule has 1 fully saturated rings. The molecular weight excluding hydrogens is 322 g/mol. The van der Waals surface area contributed by atoms with Crippen molar-refractivity contribution in [3.05, 3.63) is 35.3 Å². The third-order valence-electron chi connectivity index (χ3n) is 4.13. The maximum Gasteiger partial charge on any atom is 0.226 e. The van der Waals surface area contributed by atoms with Crippen molar-refractivity contribution in [2.24, 2.45) is 11.8 Å². The van der Waals surface area contributed by atoms with Gasteiger partial charge in [-0.05, 0) is 43.5 Å². The number of rotatable bonds is 6. The number of anilines is 1. The minimum atomic E-state index is -0.100. The quantitative estimate of drug-likeness (QED) is 0.846. The van der Waals surface area contributed by atoms with Crippen LogP contribution < -0.4 is 10.6 Å². The Morgan fingerprint density at radius 1 is 1.29 bits per heavy atom. The second-order valence-electron chi connectivity index (χ2n) is 6.28. The summed E-state index contributed by atoms with van der Waals surface area (Å²) in [6.45, 7) is 4.41. The number of thiazole rings is 1. The van der Waals surface area contributed by atoms with E-state index in [4.69, 9.17) is 0 Å². The van der Waals surface area contributed by atoms with Gasteiger partial charge in [0.2, 0.25) is 11.8 Å². The lowest BCUT2D eigenvalue weighted by molar-refractivity contribution is -0.122. The van der Waals surface area contributed by atoms with Crippen LogP contribution in [-0.2, 0) is 9.59 Å². The summed E-state index contributed by atoms with van der Waals surface area (Å²) in [7, 11) is 0. The number of benzene rings is 1. The average Bonchev–Trinajstić information content (AvgIpc) is 3.13. The van der Waals surface area contributed by atoms with Crippen LogP contribution in [0.1, 0.15) is 25.5 Å². The van der Waals surface area contributed by atoms with Crippen LogP contribution >= 0.6 is 11.3 Å². The molecule has 6 heteroatoms. The minimum Gasteiger partial charge on any atom is -0.355 e. The molecule has 0 aliphatic heterocycles. The van der Waals surface area contributed by atoms with Gasteiger partial charge in [-0.25, -0.2) is 4.98 Å². The number of carbonyl (C=O) groups is 2. The van der Waals surface area contributed by atoms with E-state index in [0.717, 1.165) is 28.4 Å². The van der Waals surface area contributed by atoms with Gasteiger partial charge in [0.1, 0.15) is 5.01 Å². The maximum absolute atomic E-state index is 11.9. The lowest BCUT2D eigenvalue weighted by Gasteiger charge is -2.07. The Kier molecular flexibility index (Phi) is 4.94. The highest BCUT2D eigenvalue weighted by atomic mass is 32.1. The molecule has 126 valence electrons. The fourth-order valence-electron chi connectivity index (χ4n) is 2.52. The summed E-state index contributed by atoms with van der Waals surface area (Å²) < 4.78 is 0. The van der Waals surface area contributed by atoms with Crippen molar-refractivity contribution in [1.82, 2.24) is 10.3 Å². The molecule has 24 heavy (non-hydrogen) atoms. The Balaban J connectivity index is 1.45. The van der Waals surface area contributed by atoms with Crippen LogP contribution in [0.2, 0.25) is 0 Å². The molecule has 2 aromatic rings. The molecule has 3 rings (SSSR count). The first-order chi connectivity index (χ1) is 11.5. The van der Waals surface area contributed by atoms with Gasteiger partial charge in [-0.2, -0.15) is 0 Å². The van der Waals surface area contributed by atoms with Crippen LogP contribution in [-0.4, -0.2) is 23.3 Å². The van der Waals surface area contributed by atoms with E-state index >= 15 is 0 Å². The van der Waals surface area contributed by atoms with Crippen LogP contribution in [0.5, 0.6) is 0 Å². The molecule has 1 heterocycles. The summed E-state index contributed by atoms with van der Waals surface area (Å²) in [5.41, 5.74) is 2.80. The Hall–Kier alpha value is -2.21. The van der Waals surface area contributed by atoms with Crippen LogP contribution in [0, 0.1) is 18.8 Å². The molecule has 2 N–H and O–H groups in total. The van der Waals surface area contributed by atoms with E-state index < -0.39 is 0 Å². The van der Waals surface area contributed by atoms with Gasteiger partial charge in [0, 0.05) is 41.2 Å². The van der Waals surface area contributed by atoms with Gasteiger partial charge in [-0.15, -0.1) is 11.3 Å². The van der Waals surface area contributed by atoms with Gasteiger partial charge < -0.3 is 10.6 Å². The normalized spacial score (nSPS) is 18.9. The van der Waals surface area contributed by atoms with Gasteiger partial charge in [0.25, 0.3) is 0 Å². The zero-order valence-electron chi connectivity index (χ0n) is 13.8. The summed E-state index contributed by atoms with van der Waals surface area (Å²) in [5, 5.41) is 8.65. The van der Waals surface area contributed by atoms with E-state index in [-0.39, 0.29) is 24.2 Å². The highest BCUT2D eigenvalue weighted by Gasteiger charge is 2.38. The minimum absolute atomic E-state index is 0.0680. The van der Waals surface area contributed by atoms with Crippen molar-refractivity contribution in [3.8, 4) is 10.6 Å². The molecule has 1 aromatic carbocycles. The first-order valence-corrected chi connectivity index (χ1v) is 9.01. The van der Waals surface area contributed by atoms with Crippen molar-refractivity contribution in [2.45, 2.75) is 26.7 Å². The molecular formula is C18H21N3O2S. The molecule has 0 saturated heterocycles. The van der Waals surface area contributed by atoms with E-state index in [1.54, 1.807) is 11.3 Å². The zero-order chi connectivity index (χ0) is 17.1. The molecule has 0 bridgehead atoms. The molecule has 5 nitrogen and oxygen atoms in total. The van der Waals surface area contributed by atoms with E-state index in [1.807, 2.05) is 36.6 Å². The smallest absolute Gasteiger partial charge is 0.226 e. The summed E-state index contributed by atoms with van der Waals surface area (Å²) in [4.78, 5) is 28.1. The third-order valence-corrected chi connectivity index (χ3v) is 5.14. The van der Waals surface area contributed by atoms with Crippen molar-refractivity contribution in [1.29, 1.82) is 0 Å². The van der Waals surface area contributed by atoms with Crippen LogP contribution in [0.25, 0.3) is 10.6 Å². The number of hydrogen-bond donors (Lipinski definition) is 2. The van der Waals surface area contributed by atoms with Gasteiger partial charge in [-0.1, -0.05) is 6.92 Å². The summed E-state index contributed by atoms with van der Waals surface area (Å²) in [5.74, 6) is 0.601. The van der Waals surface area contributed by atoms with Crippen LogP contribution in [0.15, 0.2) is 29.6 Å². The summed E-state index contributed by atoms with van der Waals surface area (Å²) >= 11 is 1.60. The predicted octanol–water partition coefficient (Wildman–Crippen LogP) is 3.22. The number of amides is 2. The third kappa shape index (κ3) is 4.20. The molecule has 1 saturated carbocycles. The largest absolute Gasteiger partial charge is 0.355 e. The fourth-order valence-corrected chi connectivity index (χ4v) is 3.33. The molecule has 0 radical (unpaired) electrons. The first kappa shape index (κ1) is 16.6. The lowest BCUT2D eigenvalue weighted by Crippen LogP contribution is -2.29. The van der Waals surface area contributed by atoms with Gasteiger partial charge >= 0.3 is 0 Å². The molecule has 2 amide bonds. The Morgan fingerprint density at radius 2 is 2.00 bits per heavy atom. The standard InChI is InChI=1S/C18H21N3O2S/c1-11-9-15(11)17(23)19-8-7-16(22)21-14-5-3-13(4-6-14)18-20-12(2)10-24-18/h3-6,10-11,15H,7-9H2,1-2H3,(H,19,23)(H,21,22). The second kappa shape index (κ2) is 7.13. The number of nitrogens with one attached hydrogen (secondary N) is 2. The first-order valence-electron chi connectivity index (χ1n) is 8.13. The molecule has 2 unspecified atom stereocenters. The maximum atomic E-state index is 11.9. The van der Waals surface area contributed by atoms with E-state index in [9.17, 15) is 9.59 Å². The van der Waals surface area contributed by atoms with Crippen molar-refractivity contribution >= 4 is 28.8 Å². The van der Waals surface area contributed by atoms with Crippen molar-refractivity contribution in [3.63, 3.8) is 0 Å². The van der Waals surface area contributed by atoms with Crippen molar-refractivity contribution < 1.29 is 9.59 Å². The average molecular weight is 343 g/mol. The van der Waals surface area contributed by atoms with E-state index in [1.165, 1.54) is 0 Å². The molecule has 0 spiro atoms. The molecule has 2 atom stereocenters. The van der Waals surface area contributed by atoms with E-state index in [0.29, 0.717) is 12.5 Å².